The minimum absolute atomic E-state index is 0.306. The highest BCUT2D eigenvalue weighted by Crippen LogP contribution is 2.02. The van der Waals surface area contributed by atoms with Crippen LogP contribution in [-0.4, -0.2) is 59.3 Å². The molecule has 0 unspecified atom stereocenters. The van der Waals surface area contributed by atoms with Gasteiger partial charge in [0.15, 0.2) is 0 Å². The minimum Gasteiger partial charge on any atom is -0.480 e. The number of aliphatic hydroxyl groups excluding tert-OH is 1. The number of amides is 2. The Morgan fingerprint density at radius 3 is 2.29 bits per heavy atom. The molecule has 21 heavy (non-hydrogen) atoms. The van der Waals surface area contributed by atoms with E-state index >= 15 is 0 Å². The van der Waals surface area contributed by atoms with Gasteiger partial charge < -0.3 is 32.3 Å². The summed E-state index contributed by atoms with van der Waals surface area (Å²) in [6.07, 6.45) is 0.505. The molecule has 0 aromatic heterocycles. The van der Waals surface area contributed by atoms with Crippen LogP contribution in [0.25, 0.3) is 0 Å². The van der Waals surface area contributed by atoms with Gasteiger partial charge in [0.1, 0.15) is 18.6 Å². The highest BCUT2D eigenvalue weighted by atomic mass is 16.4. The number of nitrogens with one attached hydrogen (secondary N) is 2. The van der Waals surface area contributed by atoms with Gasteiger partial charge in [-0.3, -0.25) is 14.4 Å². The molecular weight excluding hydrogens is 280 g/mol. The number of carbonyl (C=O) groups excluding carboxylic acids is 2. The monoisotopic (exact) mass is 304 g/mol. The molecular formula is C12H24N4O5. The Bertz CT molecular complexity index is 362. The summed E-state index contributed by atoms with van der Waals surface area (Å²) in [6.45, 7) is 1.27. The summed E-state index contributed by atoms with van der Waals surface area (Å²) in [7, 11) is 0. The quantitative estimate of drug-likeness (QED) is 0.243. The molecule has 0 radical (unpaired) electrons. The molecule has 0 saturated heterocycles. The van der Waals surface area contributed by atoms with Gasteiger partial charge in [0, 0.05) is 0 Å². The van der Waals surface area contributed by atoms with E-state index in [4.69, 9.17) is 16.6 Å². The van der Waals surface area contributed by atoms with E-state index in [1.165, 1.54) is 6.92 Å². The number of hydrogen-bond donors (Lipinski definition) is 6. The summed E-state index contributed by atoms with van der Waals surface area (Å²) in [4.78, 5) is 34.0. The lowest BCUT2D eigenvalue weighted by Crippen LogP contribution is -2.54. The van der Waals surface area contributed by atoms with Gasteiger partial charge in [0.25, 0.3) is 0 Å². The van der Waals surface area contributed by atoms with Gasteiger partial charge in [0.2, 0.25) is 11.8 Å². The average molecular weight is 304 g/mol. The molecule has 0 fully saturated rings. The topological polar surface area (TPSA) is 168 Å². The number of aliphatic carboxylic acids is 1. The van der Waals surface area contributed by atoms with E-state index in [1.54, 1.807) is 0 Å². The third-order valence-electron chi connectivity index (χ3n) is 2.82. The predicted molar refractivity (Wildman–Crippen MR) is 75.1 cm³/mol. The molecule has 2 amide bonds. The van der Waals surface area contributed by atoms with Crippen molar-refractivity contribution in [2.75, 3.05) is 13.1 Å². The SMILES string of the molecule is C[C@@H](O)[C@H](N)C(=O)N[C@@H](CCCCN)C(=O)NCC(=O)O. The Hall–Kier alpha value is -1.71. The number of nitrogens with two attached hydrogens (primary N) is 2. The van der Waals surface area contributed by atoms with Crippen molar-refractivity contribution in [3.63, 3.8) is 0 Å². The molecule has 0 aliphatic carbocycles. The van der Waals surface area contributed by atoms with Crippen molar-refractivity contribution < 1.29 is 24.6 Å². The van der Waals surface area contributed by atoms with E-state index in [1.807, 2.05) is 0 Å². The van der Waals surface area contributed by atoms with Crippen LogP contribution < -0.4 is 22.1 Å². The van der Waals surface area contributed by atoms with E-state index < -0.39 is 42.5 Å². The van der Waals surface area contributed by atoms with Crippen molar-refractivity contribution in [2.24, 2.45) is 11.5 Å². The standard InChI is InChI=1S/C12H24N4O5/c1-7(17)10(14)12(21)16-8(4-2-3-5-13)11(20)15-6-9(18)19/h7-8,10,17H,2-6,13-14H2,1H3,(H,15,20)(H,16,21)(H,18,19)/t7-,8+,10+/m1/s1. The van der Waals surface area contributed by atoms with Crippen molar-refractivity contribution in [3.05, 3.63) is 0 Å². The fourth-order valence-corrected chi connectivity index (χ4v) is 1.53. The second-order valence-corrected chi connectivity index (χ2v) is 4.72. The first kappa shape index (κ1) is 19.3. The zero-order chi connectivity index (χ0) is 16.4. The first-order valence-electron chi connectivity index (χ1n) is 6.73. The van der Waals surface area contributed by atoms with Crippen LogP contribution in [0.5, 0.6) is 0 Å². The number of hydrogen-bond acceptors (Lipinski definition) is 6. The summed E-state index contributed by atoms with van der Waals surface area (Å²) < 4.78 is 0. The van der Waals surface area contributed by atoms with Crippen molar-refractivity contribution in [3.8, 4) is 0 Å². The van der Waals surface area contributed by atoms with Crippen molar-refractivity contribution in [2.45, 2.75) is 44.4 Å². The largest absolute Gasteiger partial charge is 0.480 e. The van der Waals surface area contributed by atoms with E-state index in [-0.39, 0.29) is 0 Å². The summed E-state index contributed by atoms with van der Waals surface area (Å²) in [5.41, 5.74) is 10.8. The molecule has 0 aromatic carbocycles. The molecule has 9 heteroatoms. The van der Waals surface area contributed by atoms with Crippen molar-refractivity contribution in [1.29, 1.82) is 0 Å². The summed E-state index contributed by atoms with van der Waals surface area (Å²) in [5, 5.41) is 22.4. The molecule has 0 rings (SSSR count). The van der Waals surface area contributed by atoms with Crippen LogP contribution in [0.2, 0.25) is 0 Å². The van der Waals surface area contributed by atoms with Crippen LogP contribution in [0.3, 0.4) is 0 Å². The second kappa shape index (κ2) is 10.1. The number of carboxylic acids is 1. The van der Waals surface area contributed by atoms with Gasteiger partial charge in [0.05, 0.1) is 6.10 Å². The first-order chi connectivity index (χ1) is 9.79. The van der Waals surface area contributed by atoms with Crippen LogP contribution in [-0.2, 0) is 14.4 Å². The number of unbranched alkanes of at least 4 members (excludes halogenated alkanes) is 1. The molecule has 9 nitrogen and oxygen atoms in total. The molecule has 0 aliphatic rings. The van der Waals surface area contributed by atoms with Gasteiger partial charge in [-0.2, -0.15) is 0 Å². The predicted octanol–water partition coefficient (Wildman–Crippen LogP) is -2.49. The molecule has 0 saturated carbocycles. The third kappa shape index (κ3) is 8.23. The summed E-state index contributed by atoms with van der Waals surface area (Å²) in [6, 6.07) is -2.07. The molecule has 0 heterocycles. The van der Waals surface area contributed by atoms with Crippen molar-refractivity contribution >= 4 is 17.8 Å². The smallest absolute Gasteiger partial charge is 0.322 e. The fraction of sp³-hybridized carbons (Fsp3) is 0.750. The highest BCUT2D eigenvalue weighted by Gasteiger charge is 2.25. The van der Waals surface area contributed by atoms with E-state index in [0.717, 1.165) is 0 Å². The van der Waals surface area contributed by atoms with Gasteiger partial charge in [-0.1, -0.05) is 0 Å². The van der Waals surface area contributed by atoms with Crippen LogP contribution in [0, 0.1) is 0 Å². The van der Waals surface area contributed by atoms with Gasteiger partial charge >= 0.3 is 5.97 Å². The van der Waals surface area contributed by atoms with Crippen LogP contribution in [0.15, 0.2) is 0 Å². The number of rotatable bonds is 10. The highest BCUT2D eigenvalue weighted by molar-refractivity contribution is 5.91. The van der Waals surface area contributed by atoms with E-state index in [9.17, 15) is 19.5 Å². The third-order valence-corrected chi connectivity index (χ3v) is 2.82. The lowest BCUT2D eigenvalue weighted by atomic mass is 10.1. The lowest BCUT2D eigenvalue weighted by molar-refractivity contribution is -0.138. The molecule has 0 spiro atoms. The molecule has 0 bridgehead atoms. The van der Waals surface area contributed by atoms with Crippen LogP contribution in [0.4, 0.5) is 0 Å². The molecule has 8 N–H and O–H groups in total. The number of carbonyl (C=O) groups is 3. The van der Waals surface area contributed by atoms with Crippen LogP contribution in [0.1, 0.15) is 26.2 Å². The molecule has 3 atom stereocenters. The normalized spacial score (nSPS) is 14.9. The summed E-state index contributed by atoms with van der Waals surface area (Å²) in [5.74, 6) is -2.47. The Morgan fingerprint density at radius 2 is 1.81 bits per heavy atom. The zero-order valence-corrected chi connectivity index (χ0v) is 12.0. The molecule has 122 valence electrons. The molecule has 0 aliphatic heterocycles. The maximum Gasteiger partial charge on any atom is 0.322 e. The van der Waals surface area contributed by atoms with Crippen LogP contribution >= 0.6 is 0 Å². The Balaban J connectivity index is 4.60. The van der Waals surface area contributed by atoms with Crippen molar-refractivity contribution in [1.82, 2.24) is 10.6 Å². The average Bonchev–Trinajstić information content (AvgIpc) is 2.42. The van der Waals surface area contributed by atoms with Gasteiger partial charge in [-0.05, 0) is 32.7 Å². The maximum absolute atomic E-state index is 11.8. The zero-order valence-electron chi connectivity index (χ0n) is 12.0. The van der Waals surface area contributed by atoms with E-state index in [2.05, 4.69) is 10.6 Å². The number of aliphatic hydroxyl groups is 1. The molecule has 0 aromatic rings. The Kier molecular flexibility index (Phi) is 9.26. The fourth-order valence-electron chi connectivity index (χ4n) is 1.53. The Labute approximate surface area is 123 Å². The van der Waals surface area contributed by atoms with Gasteiger partial charge in [-0.25, -0.2) is 0 Å². The van der Waals surface area contributed by atoms with Gasteiger partial charge in [-0.15, -0.1) is 0 Å². The Morgan fingerprint density at radius 1 is 1.19 bits per heavy atom. The lowest BCUT2D eigenvalue weighted by Gasteiger charge is -2.21. The summed E-state index contributed by atoms with van der Waals surface area (Å²) >= 11 is 0. The maximum atomic E-state index is 11.8. The van der Waals surface area contributed by atoms with E-state index in [0.29, 0.717) is 25.8 Å². The second-order valence-electron chi connectivity index (χ2n) is 4.72. The minimum atomic E-state index is -1.18. The number of carboxylic acid groups (broad SMARTS) is 1. The first-order valence-corrected chi connectivity index (χ1v) is 6.73.